The minimum absolute atomic E-state index is 0.233. The van der Waals surface area contributed by atoms with Crippen molar-refractivity contribution in [2.45, 2.75) is 32.6 Å². The summed E-state index contributed by atoms with van der Waals surface area (Å²) >= 11 is 0. The Morgan fingerprint density at radius 3 is 2.71 bits per heavy atom. The van der Waals surface area contributed by atoms with Gasteiger partial charge in [0.05, 0.1) is 13.7 Å². The van der Waals surface area contributed by atoms with Gasteiger partial charge in [-0.3, -0.25) is 10.1 Å². The number of ether oxygens (including phenoxy) is 3. The van der Waals surface area contributed by atoms with Gasteiger partial charge < -0.3 is 14.2 Å². The molecule has 0 atom stereocenters. The summed E-state index contributed by atoms with van der Waals surface area (Å²) in [6, 6.07) is 7.17. The molecular weight excluding hydrogens is 308 g/mol. The molecule has 0 spiro atoms. The number of benzene rings is 1. The maximum atomic E-state index is 12.3. The molecule has 0 radical (unpaired) electrons. The topological polar surface area (TPSA) is 69.2 Å². The summed E-state index contributed by atoms with van der Waals surface area (Å²) < 4.78 is 15.6. The second-order valence-corrected chi connectivity index (χ2v) is 5.27. The van der Waals surface area contributed by atoms with E-state index < -0.39 is 0 Å². The first-order valence-corrected chi connectivity index (χ1v) is 8.32. The lowest BCUT2D eigenvalue weighted by atomic mass is 10.2. The number of amides is 1. The van der Waals surface area contributed by atoms with E-state index in [4.69, 9.17) is 14.2 Å². The Bertz CT molecular complexity index is 517. The molecule has 6 heteroatoms. The van der Waals surface area contributed by atoms with Gasteiger partial charge in [-0.15, -0.1) is 0 Å². The van der Waals surface area contributed by atoms with E-state index in [1.807, 2.05) is 0 Å². The first-order chi connectivity index (χ1) is 11.7. The molecule has 1 aromatic carbocycles. The van der Waals surface area contributed by atoms with Gasteiger partial charge in [0, 0.05) is 19.2 Å². The quantitative estimate of drug-likeness (QED) is 0.405. The monoisotopic (exact) mass is 336 g/mol. The Balaban J connectivity index is 2.63. The van der Waals surface area contributed by atoms with Crippen LogP contribution in [0.25, 0.3) is 0 Å². The van der Waals surface area contributed by atoms with Crippen molar-refractivity contribution in [2.24, 2.45) is 4.99 Å². The fraction of sp³-hybridized carbons (Fsp3) is 0.556. The first kappa shape index (κ1) is 20.0. The van der Waals surface area contributed by atoms with Gasteiger partial charge in [-0.2, -0.15) is 0 Å². The van der Waals surface area contributed by atoms with Crippen LogP contribution in [0.4, 0.5) is 0 Å². The van der Waals surface area contributed by atoms with Crippen molar-refractivity contribution in [1.82, 2.24) is 5.32 Å². The summed E-state index contributed by atoms with van der Waals surface area (Å²) in [6.45, 7) is 3.56. The van der Waals surface area contributed by atoms with Crippen molar-refractivity contribution >= 4 is 11.9 Å². The Hall–Kier alpha value is -2.08. The summed E-state index contributed by atoms with van der Waals surface area (Å²) in [5, 5.41) is 2.71. The van der Waals surface area contributed by atoms with Crippen molar-refractivity contribution in [3.05, 3.63) is 29.8 Å². The zero-order valence-electron chi connectivity index (χ0n) is 14.8. The highest BCUT2D eigenvalue weighted by atomic mass is 16.5. The molecule has 0 aliphatic heterocycles. The maximum absolute atomic E-state index is 12.3. The molecule has 0 unspecified atom stereocenters. The van der Waals surface area contributed by atoms with Gasteiger partial charge in [-0.1, -0.05) is 32.3 Å². The fourth-order valence-corrected chi connectivity index (χ4v) is 2.00. The van der Waals surface area contributed by atoms with E-state index in [-0.39, 0.29) is 11.9 Å². The van der Waals surface area contributed by atoms with E-state index in [9.17, 15) is 4.79 Å². The van der Waals surface area contributed by atoms with Crippen LogP contribution < -0.4 is 10.1 Å². The number of rotatable bonds is 10. The molecule has 0 bridgehead atoms. The highest BCUT2D eigenvalue weighted by molar-refractivity contribution is 6.04. The molecule has 1 amide bonds. The smallest absolute Gasteiger partial charge is 0.291 e. The predicted molar refractivity (Wildman–Crippen MR) is 94.7 cm³/mol. The van der Waals surface area contributed by atoms with Crippen LogP contribution in [0.1, 0.15) is 43.0 Å². The zero-order chi connectivity index (χ0) is 17.6. The average Bonchev–Trinajstić information content (AvgIpc) is 2.61. The molecular formula is C18H28N2O4. The molecule has 6 nitrogen and oxygen atoms in total. The van der Waals surface area contributed by atoms with Crippen LogP contribution in [0, 0.1) is 0 Å². The summed E-state index contributed by atoms with van der Waals surface area (Å²) in [5.41, 5.74) is 0.489. The number of carbonyl (C=O) groups is 1. The standard InChI is InChI=1S/C18H28N2O4/c1-4-5-6-7-11-19-18(24-13-12-22-2)20-17(21)15-9-8-10-16(14-15)23-3/h8-10,14H,4-7,11-13H2,1-3H3,(H,19,20,21). The van der Waals surface area contributed by atoms with Gasteiger partial charge in [0.15, 0.2) is 0 Å². The minimum Gasteiger partial charge on any atom is -0.497 e. The number of nitrogens with zero attached hydrogens (tertiary/aromatic N) is 1. The molecule has 0 aromatic heterocycles. The lowest BCUT2D eigenvalue weighted by Crippen LogP contribution is -2.33. The molecule has 1 aromatic rings. The average molecular weight is 336 g/mol. The number of methoxy groups -OCH3 is 2. The lowest BCUT2D eigenvalue weighted by Gasteiger charge is -2.11. The highest BCUT2D eigenvalue weighted by Gasteiger charge is 2.11. The number of amidine groups is 1. The molecule has 1 rings (SSSR count). The third kappa shape index (κ3) is 7.97. The second-order valence-electron chi connectivity index (χ2n) is 5.27. The van der Waals surface area contributed by atoms with Crippen LogP contribution in [0.5, 0.6) is 5.75 Å². The Labute approximate surface area is 144 Å². The molecule has 134 valence electrons. The van der Waals surface area contributed by atoms with Crippen molar-refractivity contribution < 1.29 is 19.0 Å². The molecule has 0 fully saturated rings. The van der Waals surface area contributed by atoms with Crippen LogP contribution in [0.15, 0.2) is 29.3 Å². The zero-order valence-corrected chi connectivity index (χ0v) is 14.8. The van der Waals surface area contributed by atoms with Crippen LogP contribution in [0.2, 0.25) is 0 Å². The molecule has 0 saturated heterocycles. The van der Waals surface area contributed by atoms with Gasteiger partial charge in [0.1, 0.15) is 12.4 Å². The Morgan fingerprint density at radius 1 is 1.17 bits per heavy atom. The SMILES string of the molecule is CCCCCCN=C(NC(=O)c1cccc(OC)c1)OCCOC. The van der Waals surface area contributed by atoms with E-state index >= 15 is 0 Å². The number of carbonyl (C=O) groups excluding carboxylic acids is 1. The van der Waals surface area contributed by atoms with Crippen molar-refractivity contribution in [3.63, 3.8) is 0 Å². The third-order valence-corrected chi connectivity index (χ3v) is 3.35. The van der Waals surface area contributed by atoms with Gasteiger partial charge in [-0.25, -0.2) is 4.99 Å². The van der Waals surface area contributed by atoms with E-state index in [1.165, 1.54) is 12.8 Å². The normalized spacial score (nSPS) is 11.2. The van der Waals surface area contributed by atoms with Crippen molar-refractivity contribution in [3.8, 4) is 5.75 Å². The lowest BCUT2D eigenvalue weighted by molar-refractivity contribution is 0.0953. The second kappa shape index (κ2) is 12.4. The van der Waals surface area contributed by atoms with E-state index in [0.29, 0.717) is 31.1 Å². The van der Waals surface area contributed by atoms with Crippen LogP contribution in [0.3, 0.4) is 0 Å². The molecule has 0 aliphatic carbocycles. The predicted octanol–water partition coefficient (Wildman–Crippen LogP) is 3.02. The van der Waals surface area contributed by atoms with Crippen LogP contribution in [-0.4, -0.2) is 45.9 Å². The first-order valence-electron chi connectivity index (χ1n) is 8.32. The molecule has 0 aliphatic rings. The number of hydrogen-bond acceptors (Lipinski definition) is 5. The summed E-state index contributed by atoms with van der Waals surface area (Å²) in [4.78, 5) is 16.7. The fourth-order valence-electron chi connectivity index (χ4n) is 2.00. The Morgan fingerprint density at radius 2 is 2.00 bits per heavy atom. The van der Waals surface area contributed by atoms with E-state index in [2.05, 4.69) is 17.2 Å². The molecule has 0 heterocycles. The summed E-state index contributed by atoms with van der Waals surface area (Å²) in [5.74, 6) is 0.347. The van der Waals surface area contributed by atoms with Gasteiger partial charge in [0.25, 0.3) is 11.9 Å². The van der Waals surface area contributed by atoms with E-state index in [0.717, 1.165) is 12.8 Å². The van der Waals surface area contributed by atoms with E-state index in [1.54, 1.807) is 38.5 Å². The largest absolute Gasteiger partial charge is 0.497 e. The van der Waals surface area contributed by atoms with Gasteiger partial charge in [0.2, 0.25) is 0 Å². The highest BCUT2D eigenvalue weighted by Crippen LogP contribution is 2.12. The third-order valence-electron chi connectivity index (χ3n) is 3.35. The summed E-state index contributed by atoms with van der Waals surface area (Å²) in [7, 11) is 3.16. The number of nitrogens with one attached hydrogen (secondary N) is 1. The van der Waals surface area contributed by atoms with Crippen molar-refractivity contribution in [1.29, 1.82) is 0 Å². The molecule has 0 saturated carbocycles. The Kier molecular flexibility index (Phi) is 10.3. The number of unbranched alkanes of at least 4 members (excludes halogenated alkanes) is 3. The van der Waals surface area contributed by atoms with Gasteiger partial charge in [-0.05, 0) is 24.6 Å². The van der Waals surface area contributed by atoms with Crippen LogP contribution in [-0.2, 0) is 9.47 Å². The minimum atomic E-state index is -0.279. The number of aliphatic imine (C=N–C) groups is 1. The van der Waals surface area contributed by atoms with Crippen molar-refractivity contribution in [2.75, 3.05) is 34.0 Å². The number of hydrogen-bond donors (Lipinski definition) is 1. The molecule has 1 N–H and O–H groups in total. The van der Waals surface area contributed by atoms with Gasteiger partial charge >= 0.3 is 0 Å². The maximum Gasteiger partial charge on any atom is 0.291 e. The molecule has 24 heavy (non-hydrogen) atoms. The van der Waals surface area contributed by atoms with Crippen LogP contribution >= 0.6 is 0 Å². The summed E-state index contributed by atoms with van der Waals surface area (Å²) in [6.07, 6.45) is 4.45.